The standard InChI is InChI=1S/C19H23FN2O2/c1-3-4-9-21-10-12-22(13-11-21)19(24)15(2)14-18(23)16-7-5-6-8-17(16)20/h1,5-8,15H,4,9-14H2,2H3/t15-/m1/s1. The second kappa shape index (κ2) is 8.60. The summed E-state index contributed by atoms with van der Waals surface area (Å²) < 4.78 is 13.7. The SMILES string of the molecule is C#CCCN1CCN(C(=O)[C@H](C)CC(=O)c2ccccc2F)CC1. The summed E-state index contributed by atoms with van der Waals surface area (Å²) in [5.74, 6) is 1.25. The summed E-state index contributed by atoms with van der Waals surface area (Å²) in [7, 11) is 0. The predicted octanol–water partition coefficient (Wildman–Crippen LogP) is 2.20. The van der Waals surface area contributed by atoms with Crippen molar-refractivity contribution in [1.82, 2.24) is 9.80 Å². The minimum atomic E-state index is -0.538. The lowest BCUT2D eigenvalue weighted by Gasteiger charge is -2.35. The van der Waals surface area contributed by atoms with E-state index >= 15 is 0 Å². The van der Waals surface area contributed by atoms with Crippen LogP contribution in [0.4, 0.5) is 4.39 Å². The summed E-state index contributed by atoms with van der Waals surface area (Å²) in [6.07, 6.45) is 6.00. The Hall–Kier alpha value is -2.19. The molecule has 2 rings (SSSR count). The van der Waals surface area contributed by atoms with Gasteiger partial charge in [-0.05, 0) is 12.1 Å². The quantitative estimate of drug-likeness (QED) is 0.593. The van der Waals surface area contributed by atoms with Gasteiger partial charge in [-0.3, -0.25) is 14.5 Å². The molecule has 1 saturated heterocycles. The Kier molecular flexibility index (Phi) is 6.51. The van der Waals surface area contributed by atoms with E-state index in [1.165, 1.54) is 12.1 Å². The number of piperazine rings is 1. The first-order chi connectivity index (χ1) is 11.5. The van der Waals surface area contributed by atoms with E-state index in [1.54, 1.807) is 24.0 Å². The predicted molar refractivity (Wildman–Crippen MR) is 91.0 cm³/mol. The fourth-order valence-corrected chi connectivity index (χ4v) is 2.89. The molecule has 0 aliphatic carbocycles. The van der Waals surface area contributed by atoms with Crippen molar-refractivity contribution < 1.29 is 14.0 Å². The van der Waals surface area contributed by atoms with Crippen LogP contribution in [0.5, 0.6) is 0 Å². The summed E-state index contributed by atoms with van der Waals surface area (Å²) >= 11 is 0. The molecule has 0 unspecified atom stereocenters. The lowest BCUT2D eigenvalue weighted by atomic mass is 9.98. The molecule has 1 heterocycles. The van der Waals surface area contributed by atoms with Crippen molar-refractivity contribution in [2.24, 2.45) is 5.92 Å². The van der Waals surface area contributed by atoms with Crippen LogP contribution in [0.1, 0.15) is 30.1 Å². The molecule has 5 heteroatoms. The Morgan fingerprint density at radius 3 is 2.54 bits per heavy atom. The van der Waals surface area contributed by atoms with Gasteiger partial charge in [-0.25, -0.2) is 4.39 Å². The van der Waals surface area contributed by atoms with Gasteiger partial charge in [0.15, 0.2) is 5.78 Å². The molecule has 4 nitrogen and oxygen atoms in total. The van der Waals surface area contributed by atoms with Crippen molar-refractivity contribution in [3.8, 4) is 12.3 Å². The van der Waals surface area contributed by atoms with Crippen molar-refractivity contribution in [3.05, 3.63) is 35.6 Å². The van der Waals surface area contributed by atoms with Crippen LogP contribution in [0.3, 0.4) is 0 Å². The number of nitrogens with zero attached hydrogens (tertiary/aromatic N) is 2. The van der Waals surface area contributed by atoms with E-state index in [4.69, 9.17) is 6.42 Å². The molecular weight excluding hydrogens is 307 g/mol. The number of rotatable bonds is 6. The van der Waals surface area contributed by atoms with Crippen LogP contribution in [0.15, 0.2) is 24.3 Å². The molecule has 1 aromatic rings. The highest BCUT2D eigenvalue weighted by Gasteiger charge is 2.26. The number of Topliss-reactive ketones (excluding diaryl/α,β-unsaturated/α-hetero) is 1. The van der Waals surface area contributed by atoms with Crippen LogP contribution in [0, 0.1) is 24.1 Å². The maximum Gasteiger partial charge on any atom is 0.225 e. The first-order valence-electron chi connectivity index (χ1n) is 8.25. The van der Waals surface area contributed by atoms with E-state index in [9.17, 15) is 14.0 Å². The summed E-state index contributed by atoms with van der Waals surface area (Å²) in [6.45, 7) is 5.44. The minimum Gasteiger partial charge on any atom is -0.340 e. The summed E-state index contributed by atoms with van der Waals surface area (Å²) in [6, 6.07) is 5.88. The smallest absolute Gasteiger partial charge is 0.225 e. The van der Waals surface area contributed by atoms with Gasteiger partial charge in [0, 0.05) is 51.5 Å². The Bertz CT molecular complexity index is 630. The molecule has 1 atom stereocenters. The zero-order valence-electron chi connectivity index (χ0n) is 14.0. The van der Waals surface area contributed by atoms with Crippen LogP contribution >= 0.6 is 0 Å². The summed E-state index contributed by atoms with van der Waals surface area (Å²) in [4.78, 5) is 28.7. The number of terminal acetylenes is 1. The van der Waals surface area contributed by atoms with Crippen LogP contribution in [0.2, 0.25) is 0 Å². The topological polar surface area (TPSA) is 40.6 Å². The first kappa shape index (κ1) is 18.2. The number of benzene rings is 1. The molecule has 128 valence electrons. The number of ketones is 1. The molecule has 0 N–H and O–H groups in total. The molecule has 0 radical (unpaired) electrons. The molecule has 0 saturated carbocycles. The molecule has 1 aromatic carbocycles. The number of hydrogen-bond donors (Lipinski definition) is 0. The van der Waals surface area contributed by atoms with Gasteiger partial charge in [-0.15, -0.1) is 12.3 Å². The Morgan fingerprint density at radius 1 is 1.25 bits per heavy atom. The Labute approximate surface area is 142 Å². The second-order valence-corrected chi connectivity index (χ2v) is 6.13. The molecule has 1 aliphatic heterocycles. The van der Waals surface area contributed by atoms with Gasteiger partial charge < -0.3 is 4.90 Å². The van der Waals surface area contributed by atoms with Crippen molar-refractivity contribution in [2.45, 2.75) is 19.8 Å². The van der Waals surface area contributed by atoms with Crippen molar-refractivity contribution in [1.29, 1.82) is 0 Å². The van der Waals surface area contributed by atoms with E-state index < -0.39 is 11.7 Å². The fraction of sp³-hybridized carbons (Fsp3) is 0.474. The second-order valence-electron chi connectivity index (χ2n) is 6.13. The van der Waals surface area contributed by atoms with E-state index in [0.29, 0.717) is 19.5 Å². The molecule has 1 amide bonds. The average Bonchev–Trinajstić information content (AvgIpc) is 2.60. The van der Waals surface area contributed by atoms with Gasteiger partial charge in [0.25, 0.3) is 0 Å². The maximum absolute atomic E-state index is 13.7. The van der Waals surface area contributed by atoms with Gasteiger partial charge >= 0.3 is 0 Å². The third-order valence-electron chi connectivity index (χ3n) is 4.34. The largest absolute Gasteiger partial charge is 0.340 e. The zero-order chi connectivity index (χ0) is 17.5. The van der Waals surface area contributed by atoms with E-state index in [0.717, 1.165) is 19.6 Å². The normalized spacial score (nSPS) is 16.5. The van der Waals surface area contributed by atoms with Gasteiger partial charge in [-0.1, -0.05) is 19.1 Å². The highest BCUT2D eigenvalue weighted by atomic mass is 19.1. The molecule has 0 bridgehead atoms. The molecule has 0 spiro atoms. The molecule has 1 fully saturated rings. The molecule has 0 aromatic heterocycles. The monoisotopic (exact) mass is 330 g/mol. The van der Waals surface area contributed by atoms with Gasteiger partial charge in [0.1, 0.15) is 5.82 Å². The van der Waals surface area contributed by atoms with Gasteiger partial charge in [0.05, 0.1) is 5.56 Å². The van der Waals surface area contributed by atoms with Crippen LogP contribution < -0.4 is 0 Å². The highest BCUT2D eigenvalue weighted by molar-refractivity contribution is 5.98. The van der Waals surface area contributed by atoms with Gasteiger partial charge in [0.2, 0.25) is 5.91 Å². The molecule has 24 heavy (non-hydrogen) atoms. The first-order valence-corrected chi connectivity index (χ1v) is 8.25. The number of carbonyl (C=O) groups excluding carboxylic acids is 2. The van der Waals surface area contributed by atoms with Crippen LogP contribution in [-0.4, -0.2) is 54.2 Å². The number of halogens is 1. The van der Waals surface area contributed by atoms with E-state index in [-0.39, 0.29) is 23.7 Å². The van der Waals surface area contributed by atoms with Crippen molar-refractivity contribution in [3.63, 3.8) is 0 Å². The Balaban J connectivity index is 1.86. The van der Waals surface area contributed by atoms with E-state index in [1.807, 2.05) is 0 Å². The number of amides is 1. The summed E-state index contributed by atoms with van der Waals surface area (Å²) in [5, 5.41) is 0. The molecule has 1 aliphatic rings. The number of hydrogen-bond acceptors (Lipinski definition) is 3. The zero-order valence-corrected chi connectivity index (χ0v) is 14.0. The van der Waals surface area contributed by atoms with Gasteiger partial charge in [-0.2, -0.15) is 0 Å². The minimum absolute atomic E-state index is 0.0249. The van der Waals surface area contributed by atoms with Crippen LogP contribution in [0.25, 0.3) is 0 Å². The summed E-state index contributed by atoms with van der Waals surface area (Å²) in [5.41, 5.74) is 0.0521. The van der Waals surface area contributed by atoms with Crippen molar-refractivity contribution in [2.75, 3.05) is 32.7 Å². The lowest BCUT2D eigenvalue weighted by Crippen LogP contribution is -2.50. The van der Waals surface area contributed by atoms with Crippen molar-refractivity contribution >= 4 is 11.7 Å². The fourth-order valence-electron chi connectivity index (χ4n) is 2.89. The highest BCUT2D eigenvalue weighted by Crippen LogP contribution is 2.16. The number of carbonyl (C=O) groups is 2. The van der Waals surface area contributed by atoms with Crippen LogP contribution in [-0.2, 0) is 4.79 Å². The Morgan fingerprint density at radius 2 is 1.92 bits per heavy atom. The molecular formula is C19H23FN2O2. The third-order valence-corrected chi connectivity index (χ3v) is 4.34. The third kappa shape index (κ3) is 4.65. The maximum atomic E-state index is 13.7. The lowest BCUT2D eigenvalue weighted by molar-refractivity contribution is -0.136. The average molecular weight is 330 g/mol. The van der Waals surface area contributed by atoms with E-state index in [2.05, 4.69) is 10.8 Å².